The monoisotopic (exact) mass is 390 g/mol. The number of hydrogen-bond acceptors (Lipinski definition) is 2. The Balaban J connectivity index is 1.35. The van der Waals surface area contributed by atoms with Crippen LogP contribution < -0.4 is 5.32 Å². The van der Waals surface area contributed by atoms with Gasteiger partial charge < -0.3 is 14.9 Å². The summed E-state index contributed by atoms with van der Waals surface area (Å²) in [5.74, 6) is 1.45. The molecule has 0 unspecified atom stereocenters. The lowest BCUT2D eigenvalue weighted by atomic mass is 9.93. The molecule has 1 saturated heterocycles. The molecule has 1 fully saturated rings. The van der Waals surface area contributed by atoms with Crippen molar-refractivity contribution < 1.29 is 4.39 Å². The zero-order valence-corrected chi connectivity index (χ0v) is 16.8. The summed E-state index contributed by atoms with van der Waals surface area (Å²) in [6.45, 7) is 5.19. The minimum absolute atomic E-state index is 0.215. The fraction of sp³-hybridized carbons (Fsp3) is 0.375. The maximum Gasteiger partial charge on any atom is 0.138 e. The van der Waals surface area contributed by atoms with Gasteiger partial charge in [0.05, 0.1) is 11.0 Å². The molecule has 5 heteroatoms. The van der Waals surface area contributed by atoms with Crippen LogP contribution in [0.25, 0.3) is 33.3 Å². The summed E-state index contributed by atoms with van der Waals surface area (Å²) in [5, 5.41) is 4.66. The molecular weight excluding hydrogens is 363 g/mol. The highest BCUT2D eigenvalue weighted by atomic mass is 19.1. The van der Waals surface area contributed by atoms with Crippen LogP contribution in [0.1, 0.15) is 31.2 Å². The van der Waals surface area contributed by atoms with Crippen LogP contribution >= 0.6 is 0 Å². The van der Waals surface area contributed by atoms with E-state index in [0.29, 0.717) is 11.1 Å². The predicted octanol–water partition coefficient (Wildman–Crippen LogP) is 5.41. The summed E-state index contributed by atoms with van der Waals surface area (Å²) >= 11 is 0. The summed E-state index contributed by atoms with van der Waals surface area (Å²) in [6, 6.07) is 11.9. The Bertz CT molecular complexity index is 1150. The molecule has 5 rings (SSSR count). The van der Waals surface area contributed by atoms with E-state index in [0.717, 1.165) is 29.4 Å². The molecule has 0 aliphatic carbocycles. The third kappa shape index (κ3) is 3.55. The summed E-state index contributed by atoms with van der Waals surface area (Å²) in [6.07, 6.45) is 7.36. The van der Waals surface area contributed by atoms with Crippen molar-refractivity contribution in [3.05, 3.63) is 54.0 Å². The van der Waals surface area contributed by atoms with Gasteiger partial charge in [0, 0.05) is 34.8 Å². The summed E-state index contributed by atoms with van der Waals surface area (Å²) in [7, 11) is 0. The molecule has 150 valence electrons. The fourth-order valence-electron chi connectivity index (χ4n) is 4.59. The second-order valence-corrected chi connectivity index (χ2v) is 8.27. The van der Waals surface area contributed by atoms with Crippen molar-refractivity contribution in [3.63, 3.8) is 0 Å². The highest BCUT2D eigenvalue weighted by molar-refractivity contribution is 5.87. The molecule has 3 heterocycles. The zero-order chi connectivity index (χ0) is 19.8. The van der Waals surface area contributed by atoms with E-state index in [9.17, 15) is 4.39 Å². The summed E-state index contributed by atoms with van der Waals surface area (Å²) in [4.78, 5) is 7.98. The largest absolute Gasteiger partial charge is 0.347 e. The minimum atomic E-state index is -0.215. The molecule has 29 heavy (non-hydrogen) atoms. The van der Waals surface area contributed by atoms with Crippen molar-refractivity contribution in [1.82, 2.24) is 19.9 Å². The number of nitrogens with one attached hydrogen (secondary N) is 2. The molecule has 4 aromatic rings. The molecular formula is C24H27FN4. The SMILES string of the molecule is Cc1c(F)ccc2[nH]c(-c3ccc4c(ccn4CCCC4CCNCC4)c3)nc12. The van der Waals surface area contributed by atoms with Crippen LogP contribution in [0, 0.1) is 18.7 Å². The normalized spacial score (nSPS) is 15.5. The zero-order valence-electron chi connectivity index (χ0n) is 16.8. The molecule has 0 spiro atoms. The summed E-state index contributed by atoms with van der Waals surface area (Å²) in [5.41, 5.74) is 4.45. The van der Waals surface area contributed by atoms with Crippen LogP contribution in [0.4, 0.5) is 4.39 Å². The van der Waals surface area contributed by atoms with Crippen LogP contribution in [-0.4, -0.2) is 27.6 Å². The second kappa shape index (κ2) is 7.64. The molecule has 0 amide bonds. The van der Waals surface area contributed by atoms with Gasteiger partial charge in [0.2, 0.25) is 0 Å². The molecule has 4 nitrogen and oxygen atoms in total. The molecule has 2 aromatic carbocycles. The van der Waals surface area contributed by atoms with Gasteiger partial charge in [-0.3, -0.25) is 0 Å². The van der Waals surface area contributed by atoms with Gasteiger partial charge in [-0.25, -0.2) is 9.37 Å². The Labute approximate surface area is 170 Å². The average Bonchev–Trinajstić information content (AvgIpc) is 3.36. The number of aryl methyl sites for hydroxylation is 2. The van der Waals surface area contributed by atoms with Crippen LogP contribution in [0.15, 0.2) is 42.6 Å². The lowest BCUT2D eigenvalue weighted by Crippen LogP contribution is -2.27. The first-order chi connectivity index (χ1) is 14.2. The number of benzene rings is 2. The van der Waals surface area contributed by atoms with E-state index < -0.39 is 0 Å². The van der Waals surface area contributed by atoms with Gasteiger partial charge in [0.15, 0.2) is 0 Å². The number of H-pyrrole nitrogens is 1. The number of aromatic nitrogens is 3. The second-order valence-electron chi connectivity index (χ2n) is 8.27. The molecule has 1 aliphatic rings. The first-order valence-corrected chi connectivity index (χ1v) is 10.6. The number of fused-ring (bicyclic) bond motifs is 2. The Morgan fingerprint density at radius 2 is 2.00 bits per heavy atom. The number of rotatable bonds is 5. The Morgan fingerprint density at radius 1 is 1.14 bits per heavy atom. The van der Waals surface area contributed by atoms with Crippen molar-refractivity contribution in [2.75, 3.05) is 13.1 Å². The van der Waals surface area contributed by atoms with Crippen molar-refractivity contribution in [2.45, 2.75) is 39.2 Å². The van der Waals surface area contributed by atoms with Gasteiger partial charge in [0.1, 0.15) is 11.6 Å². The van der Waals surface area contributed by atoms with E-state index >= 15 is 0 Å². The average molecular weight is 391 g/mol. The number of aromatic amines is 1. The van der Waals surface area contributed by atoms with E-state index in [-0.39, 0.29) is 5.82 Å². The van der Waals surface area contributed by atoms with Gasteiger partial charge in [0.25, 0.3) is 0 Å². The molecule has 0 atom stereocenters. The first-order valence-electron chi connectivity index (χ1n) is 10.6. The number of imidazole rings is 1. The van der Waals surface area contributed by atoms with Crippen molar-refractivity contribution in [1.29, 1.82) is 0 Å². The van der Waals surface area contributed by atoms with Gasteiger partial charge in [-0.1, -0.05) is 0 Å². The van der Waals surface area contributed by atoms with E-state index in [1.54, 1.807) is 13.0 Å². The smallest absolute Gasteiger partial charge is 0.138 e. The predicted molar refractivity (Wildman–Crippen MR) is 117 cm³/mol. The van der Waals surface area contributed by atoms with Crippen LogP contribution in [0.2, 0.25) is 0 Å². The fourth-order valence-corrected chi connectivity index (χ4v) is 4.59. The Morgan fingerprint density at radius 3 is 2.86 bits per heavy atom. The Kier molecular flexibility index (Phi) is 4.84. The number of nitrogens with zero attached hydrogens (tertiary/aromatic N) is 2. The van der Waals surface area contributed by atoms with Crippen molar-refractivity contribution in [2.24, 2.45) is 5.92 Å². The molecule has 0 bridgehead atoms. The van der Waals surface area contributed by atoms with Gasteiger partial charge in [-0.2, -0.15) is 0 Å². The molecule has 2 N–H and O–H groups in total. The minimum Gasteiger partial charge on any atom is -0.347 e. The standard InChI is InChI=1S/C24H27FN4/c1-16-20(25)5-6-21-23(16)28-24(27-21)19-4-7-22-18(15-19)10-14-29(22)13-2-3-17-8-11-26-12-9-17/h4-7,10,14-15,17,26H,2-3,8-9,11-13H2,1H3,(H,27,28). The van der Waals surface area contributed by atoms with Crippen molar-refractivity contribution >= 4 is 21.9 Å². The lowest BCUT2D eigenvalue weighted by Gasteiger charge is -2.22. The van der Waals surface area contributed by atoms with E-state index in [1.807, 2.05) is 0 Å². The van der Waals surface area contributed by atoms with Gasteiger partial charge in [-0.15, -0.1) is 0 Å². The van der Waals surface area contributed by atoms with Crippen LogP contribution in [0.3, 0.4) is 0 Å². The number of halogens is 1. The summed E-state index contributed by atoms with van der Waals surface area (Å²) < 4.78 is 16.2. The molecule has 2 aromatic heterocycles. The third-order valence-electron chi connectivity index (χ3n) is 6.36. The number of piperidine rings is 1. The first kappa shape index (κ1) is 18.4. The van der Waals surface area contributed by atoms with E-state index in [4.69, 9.17) is 0 Å². The van der Waals surface area contributed by atoms with E-state index in [2.05, 4.69) is 50.3 Å². The van der Waals surface area contributed by atoms with Gasteiger partial charge in [-0.05, 0) is 88.0 Å². The molecule has 0 saturated carbocycles. The third-order valence-corrected chi connectivity index (χ3v) is 6.36. The Hall–Kier alpha value is -2.66. The maximum atomic E-state index is 13.8. The quantitative estimate of drug-likeness (QED) is 0.478. The van der Waals surface area contributed by atoms with Crippen molar-refractivity contribution in [3.8, 4) is 11.4 Å². The molecule has 1 aliphatic heterocycles. The highest BCUT2D eigenvalue weighted by Crippen LogP contribution is 2.28. The lowest BCUT2D eigenvalue weighted by molar-refractivity contribution is 0.341. The van der Waals surface area contributed by atoms with Gasteiger partial charge >= 0.3 is 0 Å². The molecule has 0 radical (unpaired) electrons. The topological polar surface area (TPSA) is 45.6 Å². The van der Waals surface area contributed by atoms with Crippen LogP contribution in [-0.2, 0) is 6.54 Å². The maximum absolute atomic E-state index is 13.8. The number of hydrogen-bond donors (Lipinski definition) is 2. The highest BCUT2D eigenvalue weighted by Gasteiger charge is 2.13. The van der Waals surface area contributed by atoms with E-state index in [1.165, 1.54) is 55.7 Å². The van der Waals surface area contributed by atoms with Crippen LogP contribution in [0.5, 0.6) is 0 Å².